The number of Topliss-reactive ketones (excluding diaryl/α,β-unsaturated/α-hetero) is 2. The molecule has 7 atom stereocenters. The van der Waals surface area contributed by atoms with Crippen LogP contribution in [-0.4, -0.2) is 33.7 Å². The molecule has 0 aromatic rings. The minimum absolute atomic E-state index is 0.0439. The van der Waals surface area contributed by atoms with Crippen LogP contribution in [0.25, 0.3) is 0 Å². The van der Waals surface area contributed by atoms with E-state index in [4.69, 9.17) is 0 Å². The Balaban J connectivity index is 1.77. The Morgan fingerprint density at radius 3 is 2.62 bits per heavy atom. The van der Waals surface area contributed by atoms with Gasteiger partial charge in [0.2, 0.25) is 0 Å². The zero-order chi connectivity index (χ0) is 17.3. The Morgan fingerprint density at radius 2 is 1.92 bits per heavy atom. The number of aliphatic hydroxyl groups excluding tert-OH is 1. The highest BCUT2D eigenvalue weighted by Crippen LogP contribution is 2.64. The van der Waals surface area contributed by atoms with Gasteiger partial charge >= 0.3 is 0 Å². The van der Waals surface area contributed by atoms with E-state index < -0.39 is 6.10 Å². The molecule has 0 aromatic heterocycles. The molecule has 24 heavy (non-hydrogen) atoms. The molecule has 1 unspecified atom stereocenters. The summed E-state index contributed by atoms with van der Waals surface area (Å²) >= 11 is 0. The Morgan fingerprint density at radius 1 is 1.17 bits per heavy atom. The van der Waals surface area contributed by atoms with Gasteiger partial charge in [-0.1, -0.05) is 19.0 Å². The predicted octanol–water partition coefficient (Wildman–Crippen LogP) is 2.58. The van der Waals surface area contributed by atoms with Crippen molar-refractivity contribution in [3.8, 4) is 0 Å². The van der Waals surface area contributed by atoms with E-state index in [1.54, 1.807) is 0 Å². The van der Waals surface area contributed by atoms with E-state index in [0.29, 0.717) is 30.8 Å². The Kier molecular flexibility index (Phi) is 3.48. The summed E-state index contributed by atoms with van der Waals surface area (Å²) in [6.45, 7) is 4.21. The second-order valence-electron chi connectivity index (χ2n) is 8.96. The molecule has 132 valence electrons. The van der Waals surface area contributed by atoms with Gasteiger partial charge in [0.25, 0.3) is 0 Å². The molecule has 0 amide bonds. The molecule has 0 spiro atoms. The SMILES string of the molecule is C[C@]12/C(=N/O)CC(=O)CC1C[C@@H](O)[C@@H]1[C@@H]2CC[C@]2(C)C(=O)CC[C@@H]12. The summed E-state index contributed by atoms with van der Waals surface area (Å²) in [4.78, 5) is 24.5. The number of carbonyl (C=O) groups excluding carboxylic acids is 2. The van der Waals surface area contributed by atoms with Crippen molar-refractivity contribution in [1.82, 2.24) is 0 Å². The lowest BCUT2D eigenvalue weighted by Crippen LogP contribution is -2.61. The Hall–Kier alpha value is -1.23. The normalized spacial score (nSPS) is 52.8. The minimum atomic E-state index is -0.463. The second-order valence-corrected chi connectivity index (χ2v) is 8.96. The molecule has 4 aliphatic carbocycles. The molecule has 5 heteroatoms. The van der Waals surface area contributed by atoms with Gasteiger partial charge in [-0.05, 0) is 49.4 Å². The van der Waals surface area contributed by atoms with Gasteiger partial charge in [0.1, 0.15) is 11.6 Å². The second kappa shape index (κ2) is 5.13. The van der Waals surface area contributed by atoms with Gasteiger partial charge in [-0.25, -0.2) is 0 Å². The molecule has 0 saturated heterocycles. The lowest BCUT2D eigenvalue weighted by Gasteiger charge is -2.60. The third kappa shape index (κ3) is 1.88. The molecule has 4 fully saturated rings. The Labute approximate surface area is 142 Å². The summed E-state index contributed by atoms with van der Waals surface area (Å²) in [6.07, 6.45) is 3.99. The van der Waals surface area contributed by atoms with Gasteiger partial charge in [-0.3, -0.25) is 9.59 Å². The van der Waals surface area contributed by atoms with Crippen LogP contribution in [0.3, 0.4) is 0 Å². The summed E-state index contributed by atoms with van der Waals surface area (Å²) in [5, 5.41) is 24.0. The van der Waals surface area contributed by atoms with Crippen molar-refractivity contribution in [2.75, 3.05) is 0 Å². The molecule has 4 aliphatic rings. The highest BCUT2D eigenvalue weighted by molar-refractivity contribution is 6.07. The average molecular weight is 333 g/mol. The fourth-order valence-corrected chi connectivity index (χ4v) is 6.81. The zero-order valence-corrected chi connectivity index (χ0v) is 14.5. The fourth-order valence-electron chi connectivity index (χ4n) is 6.81. The van der Waals surface area contributed by atoms with Crippen molar-refractivity contribution in [2.45, 2.75) is 64.9 Å². The number of carbonyl (C=O) groups is 2. The molecule has 0 heterocycles. The third-order valence-corrected chi connectivity index (χ3v) is 8.21. The number of fused-ring (bicyclic) bond motifs is 5. The molecule has 4 rings (SSSR count). The summed E-state index contributed by atoms with van der Waals surface area (Å²) in [6, 6.07) is 0. The highest BCUT2D eigenvalue weighted by Gasteiger charge is 2.64. The predicted molar refractivity (Wildman–Crippen MR) is 87.7 cm³/mol. The van der Waals surface area contributed by atoms with Crippen LogP contribution in [0.1, 0.15) is 58.8 Å². The van der Waals surface area contributed by atoms with Crippen LogP contribution < -0.4 is 0 Å². The highest BCUT2D eigenvalue weighted by atomic mass is 16.4. The number of hydrogen-bond acceptors (Lipinski definition) is 5. The van der Waals surface area contributed by atoms with E-state index in [1.165, 1.54) is 0 Å². The van der Waals surface area contributed by atoms with Crippen LogP contribution >= 0.6 is 0 Å². The Bertz CT molecular complexity index is 629. The maximum Gasteiger partial charge on any atom is 0.139 e. The molecule has 2 N–H and O–H groups in total. The first-order valence-electron chi connectivity index (χ1n) is 9.27. The van der Waals surface area contributed by atoms with Gasteiger partial charge in [0.05, 0.1) is 11.8 Å². The van der Waals surface area contributed by atoms with Gasteiger partial charge in [0, 0.05) is 30.1 Å². The number of oxime groups is 1. The number of rotatable bonds is 0. The maximum atomic E-state index is 12.4. The number of ketones is 2. The molecule has 0 aromatic carbocycles. The molecule has 5 nitrogen and oxygen atoms in total. The number of hydrogen-bond donors (Lipinski definition) is 2. The van der Waals surface area contributed by atoms with Crippen molar-refractivity contribution in [2.24, 2.45) is 39.7 Å². The molecular weight excluding hydrogens is 306 g/mol. The van der Waals surface area contributed by atoms with Crippen LogP contribution in [0.4, 0.5) is 0 Å². The molecule has 0 bridgehead atoms. The van der Waals surface area contributed by atoms with Crippen LogP contribution in [-0.2, 0) is 9.59 Å². The van der Waals surface area contributed by atoms with Crippen LogP contribution in [0.15, 0.2) is 5.16 Å². The third-order valence-electron chi connectivity index (χ3n) is 8.21. The van der Waals surface area contributed by atoms with Crippen molar-refractivity contribution in [3.63, 3.8) is 0 Å². The van der Waals surface area contributed by atoms with Crippen molar-refractivity contribution >= 4 is 17.3 Å². The average Bonchev–Trinajstić information content (AvgIpc) is 2.84. The first-order chi connectivity index (χ1) is 11.3. The first-order valence-corrected chi connectivity index (χ1v) is 9.27. The van der Waals surface area contributed by atoms with Gasteiger partial charge in [0.15, 0.2) is 0 Å². The van der Waals surface area contributed by atoms with Crippen molar-refractivity contribution in [1.29, 1.82) is 0 Å². The number of aliphatic hydroxyl groups is 1. The lowest BCUT2D eigenvalue weighted by molar-refractivity contribution is -0.149. The molecular formula is C19H27NO4. The monoisotopic (exact) mass is 333 g/mol. The first kappa shape index (κ1) is 16.2. The van der Waals surface area contributed by atoms with Crippen LogP contribution in [0.2, 0.25) is 0 Å². The minimum Gasteiger partial charge on any atom is -0.411 e. The summed E-state index contributed by atoms with van der Waals surface area (Å²) < 4.78 is 0. The van der Waals surface area contributed by atoms with Crippen molar-refractivity contribution < 1.29 is 19.9 Å². The molecule has 0 radical (unpaired) electrons. The largest absolute Gasteiger partial charge is 0.411 e. The van der Waals surface area contributed by atoms with E-state index in [0.717, 1.165) is 19.3 Å². The fraction of sp³-hybridized carbons (Fsp3) is 0.842. The number of nitrogens with zero attached hydrogens (tertiary/aromatic N) is 1. The van der Waals surface area contributed by atoms with E-state index in [9.17, 15) is 19.9 Å². The van der Waals surface area contributed by atoms with Crippen LogP contribution in [0.5, 0.6) is 0 Å². The van der Waals surface area contributed by atoms with Gasteiger partial charge in [-0.15, -0.1) is 0 Å². The topological polar surface area (TPSA) is 87.0 Å². The van der Waals surface area contributed by atoms with E-state index in [-0.39, 0.29) is 46.7 Å². The standard InChI is InChI=1S/C19H27NO4/c1-18-6-5-13-17(12(18)3-4-16(18)23)14(22)8-10-7-11(21)9-15(20-24)19(10,13)2/h10,12-14,17,22,24H,3-9H2,1-2H3/b20-15+/t10?,12-,13-,14+,17-,18-,19-/m0/s1. The van der Waals surface area contributed by atoms with E-state index in [1.807, 2.05) is 0 Å². The van der Waals surface area contributed by atoms with E-state index in [2.05, 4.69) is 19.0 Å². The quantitative estimate of drug-likeness (QED) is 0.527. The molecule has 0 aliphatic heterocycles. The summed E-state index contributed by atoms with van der Waals surface area (Å²) in [5.74, 6) is 0.972. The van der Waals surface area contributed by atoms with E-state index >= 15 is 0 Å². The summed E-state index contributed by atoms with van der Waals surface area (Å²) in [5.41, 5.74) is -0.0372. The van der Waals surface area contributed by atoms with Crippen molar-refractivity contribution in [3.05, 3.63) is 0 Å². The molecule has 4 saturated carbocycles. The van der Waals surface area contributed by atoms with Gasteiger partial charge < -0.3 is 10.3 Å². The zero-order valence-electron chi connectivity index (χ0n) is 14.5. The summed E-state index contributed by atoms with van der Waals surface area (Å²) in [7, 11) is 0. The smallest absolute Gasteiger partial charge is 0.139 e. The maximum absolute atomic E-state index is 12.4. The lowest BCUT2D eigenvalue weighted by atomic mass is 9.44. The van der Waals surface area contributed by atoms with Crippen LogP contribution in [0, 0.1) is 34.5 Å². The van der Waals surface area contributed by atoms with Gasteiger partial charge in [-0.2, -0.15) is 0 Å².